The summed E-state index contributed by atoms with van der Waals surface area (Å²) in [7, 11) is 0. The molecule has 0 atom stereocenters. The number of aliphatic imine (C=N–C) groups is 1. The summed E-state index contributed by atoms with van der Waals surface area (Å²) in [6.07, 6.45) is 1.37. The summed E-state index contributed by atoms with van der Waals surface area (Å²) in [4.78, 5) is 3.46. The fourth-order valence-corrected chi connectivity index (χ4v) is 0.432. The second kappa shape index (κ2) is 4.06. The summed E-state index contributed by atoms with van der Waals surface area (Å²) >= 11 is 5.18. The number of hydrogen-bond acceptors (Lipinski definition) is 2. The zero-order valence-corrected chi connectivity index (χ0v) is 6.32. The van der Waals surface area contributed by atoms with Crippen molar-refractivity contribution < 1.29 is 4.39 Å². The van der Waals surface area contributed by atoms with Gasteiger partial charge in [-0.15, -0.1) is 0 Å². The molecule has 0 saturated carbocycles. The molecule has 4 heteroatoms. The smallest absolute Gasteiger partial charge is 0.183 e. The lowest BCUT2D eigenvalue weighted by atomic mass is 10.5. The molecule has 2 nitrogen and oxygen atoms in total. The molecule has 0 unspecified atom stereocenters. The summed E-state index contributed by atoms with van der Waals surface area (Å²) in [6, 6.07) is 0. The molecule has 0 radical (unpaired) electrons. The molecule has 0 aliphatic rings. The largest absolute Gasteiger partial charge is 0.381 e. The normalized spacial score (nSPS) is 13.5. The first-order valence-corrected chi connectivity index (χ1v) is 2.96. The van der Waals surface area contributed by atoms with E-state index < -0.39 is 5.83 Å². The molecule has 0 aliphatic carbocycles. The van der Waals surface area contributed by atoms with E-state index in [4.69, 9.17) is 17.3 Å². The molecule has 0 heterocycles. The highest BCUT2D eigenvalue weighted by atomic mass is 35.5. The number of allylic oxidation sites excluding steroid dienone is 2. The van der Waals surface area contributed by atoms with Crippen LogP contribution in [0.5, 0.6) is 0 Å². The first-order valence-electron chi connectivity index (χ1n) is 2.58. The van der Waals surface area contributed by atoms with Gasteiger partial charge in [-0.05, 0) is 6.92 Å². The van der Waals surface area contributed by atoms with Crippen molar-refractivity contribution in [3.8, 4) is 0 Å². The molecule has 0 aromatic carbocycles. The van der Waals surface area contributed by atoms with Crippen LogP contribution in [0.3, 0.4) is 0 Å². The zero-order valence-electron chi connectivity index (χ0n) is 5.56. The first kappa shape index (κ1) is 9.17. The van der Waals surface area contributed by atoms with Gasteiger partial charge in [0.25, 0.3) is 0 Å². The monoisotopic (exact) mass is 162 g/mol. The van der Waals surface area contributed by atoms with E-state index in [-0.39, 0.29) is 10.9 Å². The lowest BCUT2D eigenvalue weighted by Crippen LogP contribution is -1.96. The van der Waals surface area contributed by atoms with Crippen LogP contribution in [0, 0.1) is 0 Å². The molecule has 10 heavy (non-hydrogen) atoms. The zero-order chi connectivity index (χ0) is 8.15. The molecular formula is C6H8ClFN2. The van der Waals surface area contributed by atoms with E-state index >= 15 is 0 Å². The van der Waals surface area contributed by atoms with Crippen LogP contribution in [0.15, 0.2) is 28.3 Å². The molecule has 0 aliphatic heterocycles. The third-order valence-electron chi connectivity index (χ3n) is 0.731. The van der Waals surface area contributed by atoms with Crippen molar-refractivity contribution in [2.24, 2.45) is 10.7 Å². The third kappa shape index (κ3) is 2.64. The van der Waals surface area contributed by atoms with E-state index in [0.29, 0.717) is 0 Å². The Morgan fingerprint density at radius 1 is 1.80 bits per heavy atom. The van der Waals surface area contributed by atoms with Gasteiger partial charge in [-0.3, -0.25) is 0 Å². The minimum atomic E-state index is -0.778. The van der Waals surface area contributed by atoms with E-state index in [1.54, 1.807) is 6.92 Å². The second-order valence-corrected chi connectivity index (χ2v) is 1.95. The van der Waals surface area contributed by atoms with E-state index in [1.807, 2.05) is 0 Å². The topological polar surface area (TPSA) is 38.4 Å². The van der Waals surface area contributed by atoms with Crippen molar-refractivity contribution in [1.82, 2.24) is 0 Å². The van der Waals surface area contributed by atoms with E-state index in [9.17, 15) is 4.39 Å². The van der Waals surface area contributed by atoms with Crippen molar-refractivity contribution in [1.29, 1.82) is 0 Å². The first-order chi connectivity index (χ1) is 4.59. The quantitative estimate of drug-likeness (QED) is 0.489. The highest BCUT2D eigenvalue weighted by Gasteiger charge is 2.01. The Bertz CT molecular complexity index is 196. The summed E-state index contributed by atoms with van der Waals surface area (Å²) in [5.74, 6) is -1.03. The number of rotatable bonds is 2. The van der Waals surface area contributed by atoms with Crippen molar-refractivity contribution in [2.75, 3.05) is 0 Å². The minimum Gasteiger partial charge on any atom is -0.381 e. The van der Waals surface area contributed by atoms with Gasteiger partial charge in [-0.2, -0.15) is 0 Å². The maximum atomic E-state index is 12.5. The van der Waals surface area contributed by atoms with Crippen LogP contribution in [-0.2, 0) is 0 Å². The van der Waals surface area contributed by atoms with Crippen LogP contribution in [0.2, 0.25) is 0 Å². The average Bonchev–Trinajstić information content (AvgIpc) is 1.87. The molecule has 2 N–H and O–H groups in total. The summed E-state index contributed by atoms with van der Waals surface area (Å²) in [5.41, 5.74) is 5.09. The Balaban J connectivity index is 4.50. The molecule has 56 valence electrons. The van der Waals surface area contributed by atoms with Gasteiger partial charge in [0.05, 0.1) is 5.03 Å². The van der Waals surface area contributed by atoms with Crippen LogP contribution in [-0.4, -0.2) is 6.21 Å². The Labute approximate surface area is 63.9 Å². The predicted octanol–water partition coefficient (Wildman–Crippen LogP) is 1.93. The average molecular weight is 163 g/mol. The number of halogens is 2. The lowest BCUT2D eigenvalue weighted by molar-refractivity contribution is 0.646. The van der Waals surface area contributed by atoms with Crippen LogP contribution in [0.25, 0.3) is 0 Å². The molecule has 0 bridgehead atoms. The molecule has 0 amide bonds. The fourth-order valence-electron chi connectivity index (χ4n) is 0.335. The number of nitrogens with two attached hydrogens (primary N) is 1. The Kier molecular flexibility index (Phi) is 3.72. The van der Waals surface area contributed by atoms with Crippen molar-refractivity contribution in [2.45, 2.75) is 6.92 Å². The van der Waals surface area contributed by atoms with Gasteiger partial charge in [0.2, 0.25) is 0 Å². The Morgan fingerprint density at radius 2 is 2.30 bits per heavy atom. The molecule has 0 fully saturated rings. The van der Waals surface area contributed by atoms with Gasteiger partial charge >= 0.3 is 0 Å². The number of hydrogen-bond donors (Lipinski definition) is 1. The van der Waals surface area contributed by atoms with Gasteiger partial charge in [0.1, 0.15) is 0 Å². The molecule has 0 spiro atoms. The summed E-state index contributed by atoms with van der Waals surface area (Å²) < 4.78 is 12.5. The fraction of sp³-hybridized carbons (Fsp3) is 0.167. The summed E-state index contributed by atoms with van der Waals surface area (Å²) in [6.45, 7) is 4.76. The van der Waals surface area contributed by atoms with Gasteiger partial charge in [-0.1, -0.05) is 18.2 Å². The van der Waals surface area contributed by atoms with E-state index in [0.717, 1.165) is 0 Å². The van der Waals surface area contributed by atoms with Crippen LogP contribution >= 0.6 is 11.6 Å². The minimum absolute atomic E-state index is 0.233. The Hall–Kier alpha value is -0.830. The van der Waals surface area contributed by atoms with Crippen LogP contribution in [0.1, 0.15) is 6.92 Å². The van der Waals surface area contributed by atoms with Gasteiger partial charge < -0.3 is 5.73 Å². The third-order valence-corrected chi connectivity index (χ3v) is 0.897. The molecule has 0 aromatic heterocycles. The second-order valence-electron chi connectivity index (χ2n) is 1.49. The maximum absolute atomic E-state index is 12.5. The van der Waals surface area contributed by atoms with Crippen LogP contribution in [0.4, 0.5) is 4.39 Å². The van der Waals surface area contributed by atoms with Crippen molar-refractivity contribution in [3.63, 3.8) is 0 Å². The Morgan fingerprint density at radius 3 is 2.60 bits per heavy atom. The highest BCUT2D eigenvalue weighted by Crippen LogP contribution is 2.15. The standard InChI is InChI=1S/C6H8ClFN2/c1-3-10-6(9)5(8)4(2)7/h3H,2,9H2,1H3/b6-5+,10-3?. The van der Waals surface area contributed by atoms with E-state index in [2.05, 4.69) is 11.6 Å². The van der Waals surface area contributed by atoms with Gasteiger partial charge in [0.15, 0.2) is 11.6 Å². The lowest BCUT2D eigenvalue weighted by Gasteiger charge is -1.93. The predicted molar refractivity (Wildman–Crippen MR) is 41.5 cm³/mol. The SMILES string of the molecule is C=C(Cl)/C(F)=C(/N)N=CC. The van der Waals surface area contributed by atoms with Gasteiger partial charge in [-0.25, -0.2) is 9.38 Å². The van der Waals surface area contributed by atoms with E-state index in [1.165, 1.54) is 6.21 Å². The highest BCUT2D eigenvalue weighted by molar-refractivity contribution is 6.31. The number of nitrogens with zero attached hydrogens (tertiary/aromatic N) is 1. The summed E-state index contributed by atoms with van der Waals surface area (Å²) in [5, 5.41) is -0.233. The molecule has 0 saturated heterocycles. The van der Waals surface area contributed by atoms with Crippen molar-refractivity contribution in [3.05, 3.63) is 23.3 Å². The maximum Gasteiger partial charge on any atom is 0.183 e. The van der Waals surface area contributed by atoms with Crippen molar-refractivity contribution >= 4 is 17.8 Å². The van der Waals surface area contributed by atoms with Crippen LogP contribution < -0.4 is 5.73 Å². The molecule has 0 aromatic rings. The molecule has 0 rings (SSSR count). The molecular weight excluding hydrogens is 155 g/mol. The van der Waals surface area contributed by atoms with Gasteiger partial charge in [0, 0.05) is 6.21 Å².